The summed E-state index contributed by atoms with van der Waals surface area (Å²) in [5, 5.41) is 3.88. The first kappa shape index (κ1) is 14.5. The predicted octanol–water partition coefficient (Wildman–Crippen LogP) is 3.34. The highest BCUT2D eigenvalue weighted by Crippen LogP contribution is 2.26. The SMILES string of the molecule is CN(C(=O)OC(C)(C)C)c1cc(C(C)(C)C)on1. The second kappa shape index (κ2) is 4.63. The second-order valence-electron chi connectivity index (χ2n) is 6.34. The van der Waals surface area contributed by atoms with Crippen LogP contribution in [0, 0.1) is 0 Å². The Morgan fingerprint density at radius 2 is 1.83 bits per heavy atom. The van der Waals surface area contributed by atoms with Gasteiger partial charge >= 0.3 is 6.09 Å². The Bertz CT molecular complexity index is 424. The van der Waals surface area contributed by atoms with Crippen LogP contribution in [0.4, 0.5) is 10.6 Å². The molecule has 0 aromatic carbocycles. The van der Waals surface area contributed by atoms with Crippen LogP contribution in [0.3, 0.4) is 0 Å². The molecular weight excluding hydrogens is 232 g/mol. The summed E-state index contributed by atoms with van der Waals surface area (Å²) in [7, 11) is 1.61. The first-order valence-corrected chi connectivity index (χ1v) is 5.94. The van der Waals surface area contributed by atoms with Gasteiger partial charge in [-0.05, 0) is 20.8 Å². The van der Waals surface area contributed by atoms with Gasteiger partial charge in [-0.15, -0.1) is 0 Å². The molecule has 0 aliphatic rings. The zero-order valence-electron chi connectivity index (χ0n) is 12.2. The van der Waals surface area contributed by atoms with E-state index in [-0.39, 0.29) is 5.41 Å². The zero-order chi connectivity index (χ0) is 14.1. The lowest BCUT2D eigenvalue weighted by molar-refractivity contribution is 0.0587. The molecule has 0 radical (unpaired) electrons. The summed E-state index contributed by atoms with van der Waals surface area (Å²) in [5.41, 5.74) is -0.665. The molecule has 0 aliphatic carbocycles. The molecule has 1 aromatic rings. The number of rotatable bonds is 1. The fraction of sp³-hybridized carbons (Fsp3) is 0.692. The molecular formula is C13H22N2O3. The maximum absolute atomic E-state index is 11.8. The first-order chi connectivity index (χ1) is 8.00. The number of carbonyl (C=O) groups is 1. The number of anilines is 1. The summed E-state index contributed by atoms with van der Waals surface area (Å²) >= 11 is 0. The van der Waals surface area contributed by atoms with Gasteiger partial charge in [0.05, 0.1) is 0 Å². The van der Waals surface area contributed by atoms with Crippen LogP contribution in [0.25, 0.3) is 0 Å². The maximum Gasteiger partial charge on any atom is 0.415 e. The molecule has 18 heavy (non-hydrogen) atoms. The molecule has 0 fully saturated rings. The lowest BCUT2D eigenvalue weighted by atomic mass is 9.93. The van der Waals surface area contributed by atoms with Crippen molar-refractivity contribution in [2.45, 2.75) is 52.6 Å². The van der Waals surface area contributed by atoms with Crippen LogP contribution in [0.2, 0.25) is 0 Å². The van der Waals surface area contributed by atoms with E-state index in [1.807, 2.05) is 41.5 Å². The van der Waals surface area contributed by atoms with Crippen molar-refractivity contribution in [2.24, 2.45) is 0 Å². The Labute approximate surface area is 108 Å². The Hall–Kier alpha value is -1.52. The molecule has 0 saturated heterocycles. The Balaban J connectivity index is 2.82. The summed E-state index contributed by atoms with van der Waals surface area (Å²) in [4.78, 5) is 13.2. The van der Waals surface area contributed by atoms with E-state index in [1.54, 1.807) is 13.1 Å². The molecule has 0 saturated carbocycles. The van der Waals surface area contributed by atoms with Gasteiger partial charge in [0.15, 0.2) is 5.82 Å². The third kappa shape index (κ3) is 3.75. The molecule has 1 heterocycles. The predicted molar refractivity (Wildman–Crippen MR) is 69.8 cm³/mol. The highest BCUT2D eigenvalue weighted by molar-refractivity contribution is 5.85. The molecule has 1 amide bonds. The standard InChI is InChI=1S/C13H22N2O3/c1-12(2,3)9-8-10(14-18-9)15(7)11(16)17-13(4,5)6/h8H,1-7H3. The van der Waals surface area contributed by atoms with Crippen molar-refractivity contribution in [3.63, 3.8) is 0 Å². The maximum atomic E-state index is 11.8. The van der Waals surface area contributed by atoms with Crippen molar-refractivity contribution in [2.75, 3.05) is 11.9 Å². The molecule has 0 atom stereocenters. The van der Waals surface area contributed by atoms with Crippen LogP contribution in [-0.2, 0) is 10.2 Å². The smallest absolute Gasteiger partial charge is 0.415 e. The van der Waals surface area contributed by atoms with Crippen LogP contribution in [-0.4, -0.2) is 23.9 Å². The summed E-state index contributed by atoms with van der Waals surface area (Å²) in [5.74, 6) is 1.18. The minimum absolute atomic E-state index is 0.139. The largest absolute Gasteiger partial charge is 0.443 e. The fourth-order valence-corrected chi connectivity index (χ4v) is 1.20. The number of ether oxygens (including phenoxy) is 1. The van der Waals surface area contributed by atoms with E-state index in [0.717, 1.165) is 5.76 Å². The molecule has 1 rings (SSSR count). The average Bonchev–Trinajstić information content (AvgIpc) is 2.61. The van der Waals surface area contributed by atoms with Crippen LogP contribution >= 0.6 is 0 Å². The highest BCUT2D eigenvalue weighted by Gasteiger charge is 2.25. The van der Waals surface area contributed by atoms with Crippen LogP contribution in [0.1, 0.15) is 47.3 Å². The number of carbonyl (C=O) groups excluding carboxylic acids is 1. The van der Waals surface area contributed by atoms with Crippen molar-refractivity contribution in [3.8, 4) is 0 Å². The minimum Gasteiger partial charge on any atom is -0.443 e. The topological polar surface area (TPSA) is 55.6 Å². The quantitative estimate of drug-likeness (QED) is 0.771. The third-order valence-electron chi connectivity index (χ3n) is 2.25. The summed E-state index contributed by atoms with van der Waals surface area (Å²) in [6, 6.07) is 1.75. The van der Waals surface area contributed by atoms with Crippen molar-refractivity contribution >= 4 is 11.9 Å². The summed E-state index contributed by atoms with van der Waals surface area (Å²) in [6.07, 6.45) is -0.448. The minimum atomic E-state index is -0.526. The van der Waals surface area contributed by atoms with Crippen LogP contribution in [0.15, 0.2) is 10.6 Å². The Morgan fingerprint density at radius 1 is 1.28 bits per heavy atom. The van der Waals surface area contributed by atoms with Gasteiger partial charge in [-0.25, -0.2) is 4.79 Å². The molecule has 0 spiro atoms. The second-order valence-corrected chi connectivity index (χ2v) is 6.34. The van der Waals surface area contributed by atoms with E-state index in [0.29, 0.717) is 5.82 Å². The normalized spacial score (nSPS) is 12.4. The Morgan fingerprint density at radius 3 is 2.22 bits per heavy atom. The van der Waals surface area contributed by atoms with Gasteiger partial charge in [0.25, 0.3) is 0 Å². The number of amides is 1. The van der Waals surface area contributed by atoms with E-state index >= 15 is 0 Å². The molecule has 0 N–H and O–H groups in total. The number of aromatic nitrogens is 1. The molecule has 0 aliphatic heterocycles. The summed E-state index contributed by atoms with van der Waals surface area (Å²) < 4.78 is 10.5. The molecule has 0 bridgehead atoms. The first-order valence-electron chi connectivity index (χ1n) is 5.94. The summed E-state index contributed by atoms with van der Waals surface area (Å²) in [6.45, 7) is 11.5. The van der Waals surface area contributed by atoms with Crippen molar-refractivity contribution < 1.29 is 14.1 Å². The third-order valence-corrected chi connectivity index (χ3v) is 2.25. The molecule has 0 unspecified atom stereocenters. The number of nitrogens with zero attached hydrogens (tertiary/aromatic N) is 2. The fourth-order valence-electron chi connectivity index (χ4n) is 1.20. The van der Waals surface area contributed by atoms with Gasteiger partial charge in [-0.2, -0.15) is 0 Å². The van der Waals surface area contributed by atoms with E-state index in [1.165, 1.54) is 4.90 Å². The van der Waals surface area contributed by atoms with Crippen molar-refractivity contribution in [1.82, 2.24) is 5.16 Å². The Kier molecular flexibility index (Phi) is 3.74. The van der Waals surface area contributed by atoms with Crippen LogP contribution in [0.5, 0.6) is 0 Å². The van der Waals surface area contributed by atoms with Gasteiger partial charge in [0.1, 0.15) is 11.4 Å². The zero-order valence-corrected chi connectivity index (χ0v) is 12.2. The molecule has 102 valence electrons. The van der Waals surface area contributed by atoms with Crippen molar-refractivity contribution in [3.05, 3.63) is 11.8 Å². The van der Waals surface area contributed by atoms with Crippen molar-refractivity contribution in [1.29, 1.82) is 0 Å². The van der Waals surface area contributed by atoms with Gasteiger partial charge in [-0.3, -0.25) is 4.90 Å². The van der Waals surface area contributed by atoms with Gasteiger partial charge in [0.2, 0.25) is 0 Å². The van der Waals surface area contributed by atoms with Crippen LogP contribution < -0.4 is 4.90 Å². The average molecular weight is 254 g/mol. The van der Waals surface area contributed by atoms with Gasteiger partial charge in [-0.1, -0.05) is 25.9 Å². The monoisotopic (exact) mass is 254 g/mol. The number of hydrogen-bond acceptors (Lipinski definition) is 4. The number of hydrogen-bond donors (Lipinski definition) is 0. The van der Waals surface area contributed by atoms with E-state index in [9.17, 15) is 4.79 Å². The lowest BCUT2D eigenvalue weighted by Crippen LogP contribution is -2.34. The molecule has 1 aromatic heterocycles. The molecule has 5 heteroatoms. The van der Waals surface area contributed by atoms with E-state index in [2.05, 4.69) is 5.16 Å². The van der Waals surface area contributed by atoms with Gasteiger partial charge < -0.3 is 9.26 Å². The van der Waals surface area contributed by atoms with E-state index in [4.69, 9.17) is 9.26 Å². The van der Waals surface area contributed by atoms with E-state index < -0.39 is 11.7 Å². The van der Waals surface area contributed by atoms with Gasteiger partial charge in [0, 0.05) is 18.5 Å². The molecule has 5 nitrogen and oxygen atoms in total. The lowest BCUT2D eigenvalue weighted by Gasteiger charge is -2.23. The highest BCUT2D eigenvalue weighted by atomic mass is 16.6.